The highest BCUT2D eigenvalue weighted by Gasteiger charge is 2.22. The minimum Gasteiger partial charge on any atom is -0.477 e. The van der Waals surface area contributed by atoms with Crippen LogP contribution in [0.1, 0.15) is 24.2 Å². The van der Waals surface area contributed by atoms with Gasteiger partial charge in [-0.2, -0.15) is 4.98 Å². The molecule has 0 aliphatic carbocycles. The maximum Gasteiger partial charge on any atom is 0.409 e. The van der Waals surface area contributed by atoms with Crippen LogP contribution in [0.4, 0.5) is 27.8 Å². The largest absolute Gasteiger partial charge is 0.477 e. The zero-order chi connectivity index (χ0) is 27.1. The second-order valence-corrected chi connectivity index (χ2v) is 9.06. The Balaban J connectivity index is 1.41. The van der Waals surface area contributed by atoms with Gasteiger partial charge in [0.05, 0.1) is 28.9 Å². The highest BCUT2D eigenvalue weighted by molar-refractivity contribution is 6.40. The van der Waals surface area contributed by atoms with Gasteiger partial charge in [0.15, 0.2) is 0 Å². The first-order valence-electron chi connectivity index (χ1n) is 12.2. The van der Waals surface area contributed by atoms with Gasteiger partial charge in [0.2, 0.25) is 11.8 Å². The van der Waals surface area contributed by atoms with E-state index in [1.807, 2.05) is 24.3 Å². The molecule has 2 heterocycles. The summed E-state index contributed by atoms with van der Waals surface area (Å²) in [6, 6.07) is 12.7. The molecular formula is C26H28Cl2N6O4. The molecule has 1 saturated heterocycles. The van der Waals surface area contributed by atoms with Crippen molar-refractivity contribution in [1.29, 1.82) is 0 Å². The first-order valence-corrected chi connectivity index (χ1v) is 12.9. The van der Waals surface area contributed by atoms with Gasteiger partial charge in [0.25, 0.3) is 5.91 Å². The lowest BCUT2D eigenvalue weighted by molar-refractivity contribution is 0.102. The van der Waals surface area contributed by atoms with E-state index in [0.717, 1.165) is 24.5 Å². The normalized spacial score (nSPS) is 13.2. The first kappa shape index (κ1) is 27.3. The molecule has 0 saturated carbocycles. The number of carbonyl (C=O) groups excluding carboxylic acids is 2. The van der Waals surface area contributed by atoms with Crippen LogP contribution in [0.2, 0.25) is 10.0 Å². The number of halogens is 2. The van der Waals surface area contributed by atoms with Crippen molar-refractivity contribution in [3.8, 4) is 5.88 Å². The maximum atomic E-state index is 12.9. The molecule has 0 bridgehead atoms. The fraction of sp³-hybridized carbons (Fsp3) is 0.308. The average Bonchev–Trinajstić information content (AvgIpc) is 2.92. The Kier molecular flexibility index (Phi) is 9.09. The molecule has 12 heteroatoms. The SMILES string of the molecule is CCOC(=O)N1CCN(c2ccc(Nc3ncc(C(=O)Nc4c(Cl)cccc4Cl)c(OCC)n3)cc2)CC1. The highest BCUT2D eigenvalue weighted by atomic mass is 35.5. The number of aromatic nitrogens is 2. The van der Waals surface area contributed by atoms with E-state index >= 15 is 0 Å². The second-order valence-electron chi connectivity index (χ2n) is 8.24. The molecule has 10 nitrogen and oxygen atoms in total. The smallest absolute Gasteiger partial charge is 0.409 e. The Morgan fingerprint density at radius 3 is 2.29 bits per heavy atom. The van der Waals surface area contributed by atoms with Crippen LogP contribution < -0.4 is 20.3 Å². The summed E-state index contributed by atoms with van der Waals surface area (Å²) in [6.07, 6.45) is 1.12. The summed E-state index contributed by atoms with van der Waals surface area (Å²) < 4.78 is 10.7. The predicted octanol–water partition coefficient (Wildman–Crippen LogP) is 5.46. The van der Waals surface area contributed by atoms with E-state index in [4.69, 9.17) is 32.7 Å². The molecule has 38 heavy (non-hydrogen) atoms. The third kappa shape index (κ3) is 6.56. The maximum absolute atomic E-state index is 12.9. The summed E-state index contributed by atoms with van der Waals surface area (Å²) >= 11 is 12.3. The third-order valence-corrected chi connectivity index (χ3v) is 6.40. The third-order valence-electron chi connectivity index (χ3n) is 5.78. The summed E-state index contributed by atoms with van der Waals surface area (Å²) in [7, 11) is 0. The van der Waals surface area contributed by atoms with E-state index < -0.39 is 5.91 Å². The molecule has 0 atom stereocenters. The zero-order valence-electron chi connectivity index (χ0n) is 21.0. The summed E-state index contributed by atoms with van der Waals surface area (Å²) in [5.74, 6) is -0.0965. The Morgan fingerprint density at radius 2 is 1.66 bits per heavy atom. The quantitative estimate of drug-likeness (QED) is 0.375. The van der Waals surface area contributed by atoms with E-state index in [2.05, 4.69) is 25.5 Å². The van der Waals surface area contributed by atoms with Crippen molar-refractivity contribution >= 4 is 58.2 Å². The summed E-state index contributed by atoms with van der Waals surface area (Å²) in [5, 5.41) is 6.46. The van der Waals surface area contributed by atoms with Crippen molar-refractivity contribution in [2.75, 3.05) is 54.9 Å². The number of amides is 2. The van der Waals surface area contributed by atoms with Crippen LogP contribution in [0.15, 0.2) is 48.7 Å². The Morgan fingerprint density at radius 1 is 0.974 bits per heavy atom. The van der Waals surface area contributed by atoms with Gasteiger partial charge < -0.3 is 29.9 Å². The molecule has 0 spiro atoms. The molecule has 200 valence electrons. The standard InChI is InChI=1S/C26H28Cl2N6O4/c1-3-37-24-19(23(35)31-22-20(27)6-5-7-21(22)28)16-29-25(32-24)30-17-8-10-18(11-9-17)33-12-14-34(15-13-33)26(36)38-4-2/h5-11,16H,3-4,12-15H2,1-2H3,(H,31,35)(H,29,30,32). The van der Waals surface area contributed by atoms with E-state index in [-0.39, 0.29) is 23.5 Å². The predicted molar refractivity (Wildman–Crippen MR) is 148 cm³/mol. The lowest BCUT2D eigenvalue weighted by Gasteiger charge is -2.35. The number of carbonyl (C=O) groups is 2. The van der Waals surface area contributed by atoms with Gasteiger partial charge in [-0.25, -0.2) is 9.78 Å². The lowest BCUT2D eigenvalue weighted by Crippen LogP contribution is -2.49. The monoisotopic (exact) mass is 558 g/mol. The number of hydrogen-bond donors (Lipinski definition) is 2. The van der Waals surface area contributed by atoms with Crippen LogP contribution in [-0.2, 0) is 4.74 Å². The molecule has 1 aliphatic heterocycles. The van der Waals surface area contributed by atoms with Crippen LogP contribution in [-0.4, -0.2) is 66.3 Å². The highest BCUT2D eigenvalue weighted by Crippen LogP contribution is 2.31. The average molecular weight is 559 g/mol. The van der Waals surface area contributed by atoms with Gasteiger partial charge >= 0.3 is 6.09 Å². The topological polar surface area (TPSA) is 109 Å². The molecule has 1 aliphatic rings. The summed E-state index contributed by atoms with van der Waals surface area (Å²) in [6.45, 7) is 6.93. The molecule has 3 aromatic rings. The van der Waals surface area contributed by atoms with E-state index in [1.54, 1.807) is 36.9 Å². The number of piperazine rings is 1. The van der Waals surface area contributed by atoms with Gasteiger partial charge in [-0.05, 0) is 50.2 Å². The van der Waals surface area contributed by atoms with Crippen molar-refractivity contribution in [1.82, 2.24) is 14.9 Å². The number of anilines is 4. The minimum atomic E-state index is -0.498. The van der Waals surface area contributed by atoms with Gasteiger partial charge in [-0.1, -0.05) is 29.3 Å². The minimum absolute atomic E-state index is 0.127. The molecule has 2 N–H and O–H groups in total. The summed E-state index contributed by atoms with van der Waals surface area (Å²) in [4.78, 5) is 37.4. The van der Waals surface area contributed by atoms with Crippen LogP contribution in [0.5, 0.6) is 5.88 Å². The Bertz CT molecular complexity index is 1260. The number of para-hydroxylation sites is 1. The summed E-state index contributed by atoms with van der Waals surface area (Å²) in [5.41, 5.74) is 2.25. The molecule has 1 fully saturated rings. The number of rotatable bonds is 8. The van der Waals surface area contributed by atoms with E-state index in [1.165, 1.54) is 6.20 Å². The van der Waals surface area contributed by atoms with Crippen molar-refractivity contribution in [3.63, 3.8) is 0 Å². The Labute approximate surface area is 230 Å². The van der Waals surface area contributed by atoms with Crippen LogP contribution >= 0.6 is 23.2 Å². The molecule has 2 amide bonds. The van der Waals surface area contributed by atoms with Gasteiger partial charge in [0, 0.05) is 43.8 Å². The first-order chi connectivity index (χ1) is 18.4. The molecular weight excluding hydrogens is 531 g/mol. The number of nitrogens with one attached hydrogen (secondary N) is 2. The fourth-order valence-corrected chi connectivity index (χ4v) is 4.37. The molecule has 4 rings (SSSR count). The zero-order valence-corrected chi connectivity index (χ0v) is 22.6. The lowest BCUT2D eigenvalue weighted by atomic mass is 10.2. The van der Waals surface area contributed by atoms with Gasteiger partial charge in [0.1, 0.15) is 5.56 Å². The van der Waals surface area contributed by atoms with Crippen LogP contribution in [0.25, 0.3) is 0 Å². The number of ether oxygens (including phenoxy) is 2. The second kappa shape index (κ2) is 12.7. The van der Waals surface area contributed by atoms with Crippen LogP contribution in [0.3, 0.4) is 0 Å². The molecule has 1 aromatic heterocycles. The molecule has 2 aromatic carbocycles. The number of nitrogens with zero attached hydrogens (tertiary/aromatic N) is 4. The van der Waals surface area contributed by atoms with Crippen molar-refractivity contribution in [2.45, 2.75) is 13.8 Å². The van der Waals surface area contributed by atoms with E-state index in [9.17, 15) is 9.59 Å². The Hall–Kier alpha value is -3.76. The number of benzene rings is 2. The van der Waals surface area contributed by atoms with Gasteiger partial charge in [-0.15, -0.1) is 0 Å². The van der Waals surface area contributed by atoms with E-state index in [0.29, 0.717) is 42.0 Å². The van der Waals surface area contributed by atoms with Crippen molar-refractivity contribution in [3.05, 3.63) is 64.3 Å². The van der Waals surface area contributed by atoms with Crippen molar-refractivity contribution in [2.24, 2.45) is 0 Å². The molecule has 0 unspecified atom stereocenters. The van der Waals surface area contributed by atoms with Crippen LogP contribution in [0, 0.1) is 0 Å². The number of hydrogen-bond acceptors (Lipinski definition) is 8. The van der Waals surface area contributed by atoms with Gasteiger partial charge in [-0.3, -0.25) is 4.79 Å². The van der Waals surface area contributed by atoms with Crippen molar-refractivity contribution < 1.29 is 19.1 Å². The molecule has 0 radical (unpaired) electrons. The fourth-order valence-electron chi connectivity index (χ4n) is 3.87.